The normalized spacial score (nSPS) is 16.2. The molecular weight excluding hydrogens is 414 g/mol. The van der Waals surface area contributed by atoms with Crippen LogP contribution >= 0.6 is 0 Å². The molecule has 0 unspecified atom stereocenters. The Balaban J connectivity index is 1.42. The number of rotatable bonds is 6. The molecule has 1 heterocycles. The first-order valence-corrected chi connectivity index (χ1v) is 10.6. The second-order valence-electron chi connectivity index (χ2n) is 7.82. The fourth-order valence-electron chi connectivity index (χ4n) is 4.15. The van der Waals surface area contributed by atoms with Crippen molar-refractivity contribution in [3.63, 3.8) is 0 Å². The summed E-state index contributed by atoms with van der Waals surface area (Å²) in [6.07, 6.45) is 1.39. The summed E-state index contributed by atoms with van der Waals surface area (Å²) in [4.78, 5) is 27.7. The van der Waals surface area contributed by atoms with Crippen LogP contribution in [-0.4, -0.2) is 36.4 Å². The average molecular weight is 438 g/mol. The molecule has 4 rings (SSSR count). The second kappa shape index (κ2) is 9.77. The zero-order chi connectivity index (χ0) is 22.5. The lowest BCUT2D eigenvalue weighted by atomic mass is 9.95. The number of fused-ring (bicyclic) bond motifs is 1. The Morgan fingerprint density at radius 2 is 1.78 bits per heavy atom. The van der Waals surface area contributed by atoms with Gasteiger partial charge >= 0.3 is 6.61 Å². The molecule has 0 aromatic heterocycles. The van der Waals surface area contributed by atoms with Crippen LogP contribution in [0.2, 0.25) is 0 Å². The fourth-order valence-corrected chi connectivity index (χ4v) is 4.15. The number of ether oxygens (including phenoxy) is 1. The largest absolute Gasteiger partial charge is 0.434 e. The molecule has 0 bridgehead atoms. The first-order chi connectivity index (χ1) is 15.5. The van der Waals surface area contributed by atoms with Crippen molar-refractivity contribution in [2.45, 2.75) is 26.0 Å². The zero-order valence-corrected chi connectivity index (χ0v) is 17.5. The third-order valence-electron chi connectivity index (χ3n) is 5.74. The SMILES string of the molecule is O=C(NCc1ccccc1OC(F)F)[C@H]1CCCN(C(=O)c2cccc3ccccc23)C1. The number of hydrogen-bond acceptors (Lipinski definition) is 3. The van der Waals surface area contributed by atoms with Gasteiger partial charge < -0.3 is 15.0 Å². The van der Waals surface area contributed by atoms with Gasteiger partial charge in [0.05, 0.1) is 5.92 Å². The van der Waals surface area contributed by atoms with Gasteiger partial charge in [-0.1, -0.05) is 54.6 Å². The number of alkyl halides is 2. The molecule has 1 fully saturated rings. The minimum Gasteiger partial charge on any atom is -0.434 e. The van der Waals surface area contributed by atoms with E-state index in [0.717, 1.165) is 17.2 Å². The van der Waals surface area contributed by atoms with E-state index in [1.54, 1.807) is 23.1 Å². The van der Waals surface area contributed by atoms with Gasteiger partial charge in [-0.15, -0.1) is 0 Å². The van der Waals surface area contributed by atoms with Gasteiger partial charge in [0.1, 0.15) is 5.75 Å². The Bertz CT molecular complexity index is 1110. The summed E-state index contributed by atoms with van der Waals surface area (Å²) in [6, 6.07) is 19.7. The molecule has 3 aromatic carbocycles. The molecule has 166 valence electrons. The molecule has 1 aliphatic heterocycles. The van der Waals surface area contributed by atoms with E-state index in [0.29, 0.717) is 30.6 Å². The third kappa shape index (κ3) is 4.88. The van der Waals surface area contributed by atoms with Crippen LogP contribution < -0.4 is 10.1 Å². The molecule has 7 heteroatoms. The highest BCUT2D eigenvalue weighted by Gasteiger charge is 2.29. The van der Waals surface area contributed by atoms with Crippen molar-refractivity contribution in [3.05, 3.63) is 77.9 Å². The van der Waals surface area contributed by atoms with Crippen LogP contribution in [0.5, 0.6) is 5.75 Å². The number of carbonyl (C=O) groups is 2. The van der Waals surface area contributed by atoms with E-state index in [-0.39, 0.29) is 30.0 Å². The molecule has 0 radical (unpaired) electrons. The molecule has 1 saturated heterocycles. The zero-order valence-electron chi connectivity index (χ0n) is 17.5. The van der Waals surface area contributed by atoms with Crippen molar-refractivity contribution in [2.75, 3.05) is 13.1 Å². The number of halogens is 2. The highest BCUT2D eigenvalue weighted by atomic mass is 19.3. The molecule has 1 N–H and O–H groups in total. The fraction of sp³-hybridized carbons (Fsp3) is 0.280. The number of nitrogens with zero attached hydrogens (tertiary/aromatic N) is 1. The number of hydrogen-bond donors (Lipinski definition) is 1. The van der Waals surface area contributed by atoms with Gasteiger partial charge in [0.15, 0.2) is 0 Å². The van der Waals surface area contributed by atoms with E-state index in [2.05, 4.69) is 10.1 Å². The molecule has 5 nitrogen and oxygen atoms in total. The number of carbonyl (C=O) groups excluding carboxylic acids is 2. The predicted molar refractivity (Wildman–Crippen MR) is 117 cm³/mol. The molecular formula is C25H24F2N2O3. The Kier molecular flexibility index (Phi) is 6.63. The smallest absolute Gasteiger partial charge is 0.387 e. The molecule has 1 atom stereocenters. The number of piperidine rings is 1. The lowest BCUT2D eigenvalue weighted by molar-refractivity contribution is -0.126. The van der Waals surface area contributed by atoms with E-state index >= 15 is 0 Å². The topological polar surface area (TPSA) is 58.6 Å². The van der Waals surface area contributed by atoms with E-state index in [9.17, 15) is 18.4 Å². The predicted octanol–water partition coefficient (Wildman–Crippen LogP) is 4.61. The quantitative estimate of drug-likeness (QED) is 0.612. The van der Waals surface area contributed by atoms with E-state index < -0.39 is 6.61 Å². The van der Waals surface area contributed by atoms with E-state index in [1.165, 1.54) is 6.07 Å². The summed E-state index contributed by atoms with van der Waals surface area (Å²) in [5.41, 5.74) is 1.10. The van der Waals surface area contributed by atoms with Crippen molar-refractivity contribution in [3.8, 4) is 5.75 Å². The summed E-state index contributed by atoms with van der Waals surface area (Å²) in [7, 11) is 0. The summed E-state index contributed by atoms with van der Waals surface area (Å²) in [6.45, 7) is -1.94. The van der Waals surface area contributed by atoms with Gasteiger partial charge in [-0.25, -0.2) is 0 Å². The highest BCUT2D eigenvalue weighted by molar-refractivity contribution is 6.07. The first kappa shape index (κ1) is 21.7. The van der Waals surface area contributed by atoms with Crippen LogP contribution in [0.3, 0.4) is 0 Å². The van der Waals surface area contributed by atoms with Crippen molar-refractivity contribution >= 4 is 22.6 Å². The average Bonchev–Trinajstić information content (AvgIpc) is 2.82. The standard InChI is InChI=1S/C25H24F2N2O3/c26-25(27)32-22-13-4-2-8-18(22)15-28-23(30)19-10-6-14-29(16-19)24(31)21-12-5-9-17-7-1-3-11-20(17)21/h1-5,7-9,11-13,19,25H,6,10,14-16H2,(H,28,30)/t19-/m0/s1. The second-order valence-corrected chi connectivity index (χ2v) is 7.82. The van der Waals surface area contributed by atoms with Gasteiger partial charge in [-0.05, 0) is 35.7 Å². The maximum atomic E-state index is 13.2. The van der Waals surface area contributed by atoms with Crippen LogP contribution in [0.1, 0.15) is 28.8 Å². The molecule has 0 aliphatic carbocycles. The van der Waals surface area contributed by atoms with Crippen molar-refractivity contribution in [1.29, 1.82) is 0 Å². The van der Waals surface area contributed by atoms with Gasteiger partial charge in [-0.3, -0.25) is 9.59 Å². The van der Waals surface area contributed by atoms with Crippen LogP contribution in [0.4, 0.5) is 8.78 Å². The Hall–Kier alpha value is -3.48. The van der Waals surface area contributed by atoms with Crippen LogP contribution in [0.15, 0.2) is 66.7 Å². The van der Waals surface area contributed by atoms with E-state index in [4.69, 9.17) is 0 Å². The number of amides is 2. The maximum absolute atomic E-state index is 13.2. The van der Waals surface area contributed by atoms with Crippen molar-refractivity contribution in [1.82, 2.24) is 10.2 Å². The van der Waals surface area contributed by atoms with Crippen LogP contribution in [0, 0.1) is 5.92 Å². The molecule has 0 saturated carbocycles. The lowest BCUT2D eigenvalue weighted by Crippen LogP contribution is -2.45. The van der Waals surface area contributed by atoms with Crippen LogP contribution in [-0.2, 0) is 11.3 Å². The number of benzene rings is 3. The Labute approximate surface area is 185 Å². The Morgan fingerprint density at radius 3 is 2.62 bits per heavy atom. The summed E-state index contributed by atoms with van der Waals surface area (Å²) in [5.74, 6) is -0.604. The monoisotopic (exact) mass is 438 g/mol. The molecule has 32 heavy (non-hydrogen) atoms. The molecule has 0 spiro atoms. The maximum Gasteiger partial charge on any atom is 0.387 e. The van der Waals surface area contributed by atoms with Crippen molar-refractivity contribution in [2.24, 2.45) is 5.92 Å². The highest BCUT2D eigenvalue weighted by Crippen LogP contribution is 2.24. The summed E-state index contributed by atoms with van der Waals surface area (Å²) < 4.78 is 29.7. The van der Waals surface area contributed by atoms with Crippen LogP contribution in [0.25, 0.3) is 10.8 Å². The minimum absolute atomic E-state index is 0.0409. The number of para-hydroxylation sites is 1. The summed E-state index contributed by atoms with van der Waals surface area (Å²) in [5, 5.41) is 4.70. The van der Waals surface area contributed by atoms with Gasteiger partial charge in [-0.2, -0.15) is 8.78 Å². The van der Waals surface area contributed by atoms with Gasteiger partial charge in [0.2, 0.25) is 5.91 Å². The van der Waals surface area contributed by atoms with Gasteiger partial charge in [0, 0.05) is 30.8 Å². The van der Waals surface area contributed by atoms with Crippen molar-refractivity contribution < 1.29 is 23.1 Å². The molecule has 1 aliphatic rings. The molecule has 3 aromatic rings. The minimum atomic E-state index is -2.93. The number of nitrogens with one attached hydrogen (secondary N) is 1. The third-order valence-corrected chi connectivity index (χ3v) is 5.74. The Morgan fingerprint density at radius 1 is 1.03 bits per heavy atom. The van der Waals surface area contributed by atoms with E-state index in [1.807, 2.05) is 42.5 Å². The summed E-state index contributed by atoms with van der Waals surface area (Å²) >= 11 is 0. The molecule has 2 amide bonds. The number of likely N-dealkylation sites (tertiary alicyclic amines) is 1. The first-order valence-electron chi connectivity index (χ1n) is 10.6. The van der Waals surface area contributed by atoms with Gasteiger partial charge in [0.25, 0.3) is 5.91 Å². The lowest BCUT2D eigenvalue weighted by Gasteiger charge is -2.32.